The van der Waals surface area contributed by atoms with Crippen LogP contribution in [-0.4, -0.2) is 11.5 Å². The van der Waals surface area contributed by atoms with Crippen LogP contribution in [0.15, 0.2) is 30.3 Å². The molecule has 1 aromatic rings. The molecule has 0 aliphatic rings. The molecule has 2 heteroatoms. The highest BCUT2D eigenvalue weighted by Gasteiger charge is 2.20. The number of ketones is 1. The topological polar surface area (TPSA) is 17.1 Å². The monoisotopic (exact) mass is 441 g/mol. The molecule has 1 aromatic carbocycles. The zero-order valence-electron chi connectivity index (χ0n) is 17.6. The molecule has 0 radical (unpaired) electrons. The number of hydrogen-bond acceptors (Lipinski definition) is 1. The summed E-state index contributed by atoms with van der Waals surface area (Å²) in [4.78, 5) is 12.5. The van der Waals surface area contributed by atoms with Gasteiger partial charge in [-0.2, -0.15) is 0 Å². The van der Waals surface area contributed by atoms with Crippen molar-refractivity contribution < 1.29 is 4.79 Å². The summed E-state index contributed by atoms with van der Waals surface area (Å²) in [6, 6.07) is 8.89. The van der Waals surface area contributed by atoms with E-state index in [1.165, 1.54) is 0 Å². The van der Waals surface area contributed by atoms with Crippen molar-refractivity contribution in [3.8, 4) is 142 Å². The van der Waals surface area contributed by atoms with Crippen molar-refractivity contribution in [2.45, 2.75) is 0 Å². The summed E-state index contributed by atoms with van der Waals surface area (Å²) >= 11 is 0. The molecule has 0 saturated heterocycles. The lowest BCUT2D eigenvalue weighted by molar-refractivity contribution is 0.102. The van der Waals surface area contributed by atoms with Gasteiger partial charge in [0.2, 0.25) is 5.78 Å². The molecule has 34 heavy (non-hydrogen) atoms. The first-order valence-corrected chi connectivity index (χ1v) is 10.4. The van der Waals surface area contributed by atoms with Crippen molar-refractivity contribution in [1.82, 2.24) is 0 Å². The van der Waals surface area contributed by atoms with Gasteiger partial charge in [-0.3, -0.25) is 4.79 Å². The van der Waals surface area contributed by atoms with Crippen LogP contribution >= 0.6 is 0 Å². The Balaban J connectivity index is 2.95. The smallest absolute Gasteiger partial charge is 0.214 e. The van der Waals surface area contributed by atoms with Crippen molar-refractivity contribution in [2.75, 3.05) is 5.75 Å². The van der Waals surface area contributed by atoms with Crippen molar-refractivity contribution in [3.05, 3.63) is 35.9 Å². The fourth-order valence-corrected chi connectivity index (χ4v) is 2.59. The highest BCUT2D eigenvalue weighted by molar-refractivity contribution is 8.06. The van der Waals surface area contributed by atoms with Gasteiger partial charge in [-0.15, -0.1) is 12.8 Å². The van der Waals surface area contributed by atoms with Gasteiger partial charge in [-0.05, 0) is 59.2 Å². The molecule has 1 nitrogen and oxygen atoms in total. The zero-order chi connectivity index (χ0) is 24.5. The van der Waals surface area contributed by atoms with Crippen LogP contribution in [0.3, 0.4) is 0 Å². The van der Waals surface area contributed by atoms with Crippen LogP contribution in [0.4, 0.5) is 0 Å². The summed E-state index contributed by atoms with van der Waals surface area (Å²) < 4.78 is 0. The zero-order valence-corrected chi connectivity index (χ0v) is 18.4. The Morgan fingerprint density at radius 1 is 0.559 bits per heavy atom. The Kier molecular flexibility index (Phi) is 14.5. The first-order chi connectivity index (χ1) is 16.8. The normalized spacial score (nSPS) is 6.09. The molecule has 1 rings (SSSR count). The second-order valence-electron chi connectivity index (χ2n) is 5.07. The van der Waals surface area contributed by atoms with E-state index in [-0.39, 0.29) is 11.5 Å². The molecular weight excluding hydrogens is 432 g/mol. The Bertz CT molecular complexity index is 1550. The molecule has 0 atom stereocenters. The molecule has 0 saturated carbocycles. The lowest BCUT2D eigenvalue weighted by atomic mass is 10.2. The number of terminal acetylenes is 2. The third-order valence-corrected chi connectivity index (χ3v) is 4.11. The van der Waals surface area contributed by atoms with Gasteiger partial charge >= 0.3 is 0 Å². The SMILES string of the molecule is C#CC#CC#CC#CC#CC#C[S+](C#CC#CC#CC#CC#CC#C)CC(=O)c1ccccc1. The van der Waals surface area contributed by atoms with Crippen molar-refractivity contribution in [2.24, 2.45) is 0 Å². The maximum absolute atomic E-state index is 12.5. The van der Waals surface area contributed by atoms with Crippen LogP contribution in [0, 0.1) is 142 Å². The third kappa shape index (κ3) is 14.0. The van der Waals surface area contributed by atoms with E-state index < -0.39 is 10.9 Å². The predicted octanol–water partition coefficient (Wildman–Crippen LogP) is 1.70. The molecule has 0 N–H and O–H groups in total. The Morgan fingerprint density at radius 2 is 0.912 bits per heavy atom. The van der Waals surface area contributed by atoms with Crippen molar-refractivity contribution in [1.29, 1.82) is 0 Å². The average Bonchev–Trinajstić information content (AvgIpc) is 2.86. The highest BCUT2D eigenvalue weighted by Crippen LogP contribution is 2.04. The molecule has 0 heterocycles. The molecule has 0 unspecified atom stereocenters. The number of carbonyl (C=O) groups excluding carboxylic acids is 1. The summed E-state index contributed by atoms with van der Waals surface area (Å²) in [5, 5.41) is 5.75. The van der Waals surface area contributed by atoms with Gasteiger partial charge in [0, 0.05) is 64.8 Å². The minimum absolute atomic E-state index is 0.0836. The minimum atomic E-state index is -0.884. The first-order valence-electron chi connectivity index (χ1n) is 8.99. The van der Waals surface area contributed by atoms with Crippen LogP contribution in [0.5, 0.6) is 0 Å². The lowest BCUT2D eigenvalue weighted by Crippen LogP contribution is -2.13. The number of carbonyl (C=O) groups is 1. The van der Waals surface area contributed by atoms with E-state index in [4.69, 9.17) is 12.8 Å². The molecule has 0 amide bonds. The second kappa shape index (κ2) is 19.0. The van der Waals surface area contributed by atoms with Crippen molar-refractivity contribution in [3.63, 3.8) is 0 Å². The van der Waals surface area contributed by atoms with E-state index in [1.807, 2.05) is 6.07 Å². The Labute approximate surface area is 204 Å². The molecular formula is C32H9OS+. The summed E-state index contributed by atoms with van der Waals surface area (Å²) in [6.07, 6.45) is 9.93. The van der Waals surface area contributed by atoms with E-state index in [0.717, 1.165) is 0 Å². The van der Waals surface area contributed by atoms with Crippen LogP contribution in [-0.2, 0) is 10.9 Å². The van der Waals surface area contributed by atoms with E-state index in [0.29, 0.717) is 5.56 Å². The van der Waals surface area contributed by atoms with Gasteiger partial charge in [-0.25, -0.2) is 0 Å². The molecule has 0 aliphatic carbocycles. The van der Waals surface area contributed by atoms with Crippen LogP contribution in [0.2, 0.25) is 0 Å². The predicted molar refractivity (Wildman–Crippen MR) is 138 cm³/mol. The van der Waals surface area contributed by atoms with E-state index in [2.05, 4.69) is 129 Å². The third-order valence-electron chi connectivity index (χ3n) is 2.86. The van der Waals surface area contributed by atoms with Crippen LogP contribution < -0.4 is 0 Å². The van der Waals surface area contributed by atoms with Gasteiger partial charge in [-0.1, -0.05) is 30.3 Å². The van der Waals surface area contributed by atoms with Gasteiger partial charge in [0.1, 0.15) is 0 Å². The maximum Gasteiger partial charge on any atom is 0.214 e. The molecule has 0 aromatic heterocycles. The van der Waals surface area contributed by atoms with Gasteiger partial charge < -0.3 is 0 Å². The van der Waals surface area contributed by atoms with Crippen molar-refractivity contribution >= 4 is 16.7 Å². The largest absolute Gasteiger partial charge is 0.289 e. The van der Waals surface area contributed by atoms with E-state index >= 15 is 0 Å². The molecule has 0 spiro atoms. The quantitative estimate of drug-likeness (QED) is 0.397. The highest BCUT2D eigenvalue weighted by atomic mass is 32.2. The van der Waals surface area contributed by atoms with Gasteiger partial charge in [0.25, 0.3) is 0 Å². The summed E-state index contributed by atoms with van der Waals surface area (Å²) in [5.41, 5.74) is 0.579. The standard InChI is InChI=1S/C32H9OS/c1-3-5-7-9-11-13-15-17-19-24-28-34(30-32(33)31-26-22-21-23-27-31)29-25-20-18-16-14-12-10-8-6-4-2/h1-2,21-23,26-27H,30H2/q+1. The second-order valence-corrected chi connectivity index (χ2v) is 6.55. The molecule has 0 bridgehead atoms. The fourth-order valence-electron chi connectivity index (χ4n) is 1.62. The Hall–Kier alpha value is -6.04. The summed E-state index contributed by atoms with van der Waals surface area (Å²) in [6.45, 7) is 0. The van der Waals surface area contributed by atoms with Crippen LogP contribution in [0.1, 0.15) is 10.4 Å². The number of Topliss-reactive ketones (excluding diaryl/α,β-unsaturated/α-hetero) is 1. The molecule has 148 valence electrons. The number of rotatable bonds is 3. The fraction of sp³-hybridized carbons (Fsp3) is 0.0312. The average molecular weight is 441 g/mol. The molecule has 0 fully saturated rings. The van der Waals surface area contributed by atoms with E-state index in [9.17, 15) is 4.79 Å². The van der Waals surface area contributed by atoms with Gasteiger partial charge in [0.15, 0.2) is 27.2 Å². The van der Waals surface area contributed by atoms with Gasteiger partial charge in [0.05, 0.1) is 0 Å². The number of hydrogen-bond donors (Lipinski definition) is 0. The number of benzene rings is 1. The summed E-state index contributed by atoms with van der Waals surface area (Å²) in [5.74, 6) is 49.3. The maximum atomic E-state index is 12.5. The Morgan fingerprint density at radius 3 is 1.29 bits per heavy atom. The molecule has 0 aliphatic heterocycles. The summed E-state index contributed by atoms with van der Waals surface area (Å²) in [7, 11) is -0.884. The lowest BCUT2D eigenvalue weighted by Gasteiger charge is -1.95. The van der Waals surface area contributed by atoms with Crippen LogP contribution in [0.25, 0.3) is 0 Å². The first kappa shape index (κ1) is 26.0. The van der Waals surface area contributed by atoms with E-state index in [1.54, 1.807) is 24.3 Å². The minimum Gasteiger partial charge on any atom is -0.289 e.